The molecule has 1 N–H and O–H groups in total. The third kappa shape index (κ3) is 0.951. The molecule has 2 heteroatoms. The van der Waals surface area contributed by atoms with Crippen molar-refractivity contribution in [3.63, 3.8) is 0 Å². The van der Waals surface area contributed by atoms with Crippen LogP contribution in [0.1, 0.15) is 26.3 Å². The quantitative estimate of drug-likeness (QED) is 0.607. The number of benzene rings is 1. The highest BCUT2D eigenvalue weighted by Gasteiger charge is 2.33. The molecule has 2 nitrogen and oxygen atoms in total. The van der Waals surface area contributed by atoms with E-state index in [2.05, 4.69) is 20.8 Å². The van der Waals surface area contributed by atoms with Crippen LogP contribution in [0, 0.1) is 0 Å². The first kappa shape index (κ1) is 7.47. The number of phenols is 1. The summed E-state index contributed by atoms with van der Waals surface area (Å²) in [5.41, 5.74) is 1.25. The van der Waals surface area contributed by atoms with Crippen LogP contribution in [0.4, 0.5) is 0 Å². The summed E-state index contributed by atoms with van der Waals surface area (Å²) in [6.45, 7) is 6.38. The number of hydrogen-bond acceptors (Lipinski definition) is 2. The van der Waals surface area contributed by atoms with Gasteiger partial charge in [-0.3, -0.25) is 0 Å². The number of rotatable bonds is 0. The van der Waals surface area contributed by atoms with Crippen LogP contribution in [-0.2, 0) is 5.41 Å². The number of aromatic hydroxyl groups is 1. The number of fused-ring (bicyclic) bond motifs is 1. The van der Waals surface area contributed by atoms with E-state index >= 15 is 0 Å². The smallest absolute Gasteiger partial charge is 0.211 e. The van der Waals surface area contributed by atoms with Gasteiger partial charge < -0.3 is 9.84 Å². The fourth-order valence-electron chi connectivity index (χ4n) is 1.33. The van der Waals surface area contributed by atoms with E-state index in [1.807, 2.05) is 6.07 Å². The van der Waals surface area contributed by atoms with Crippen LogP contribution in [0.3, 0.4) is 0 Å². The van der Waals surface area contributed by atoms with Gasteiger partial charge in [-0.15, -0.1) is 0 Å². The van der Waals surface area contributed by atoms with E-state index in [-0.39, 0.29) is 11.2 Å². The van der Waals surface area contributed by atoms with Gasteiger partial charge in [-0.1, -0.05) is 26.8 Å². The number of ether oxygens (including phenoxy) is 1. The summed E-state index contributed by atoms with van der Waals surface area (Å²) in [4.78, 5) is 0. The maximum atomic E-state index is 9.24. The van der Waals surface area contributed by atoms with Gasteiger partial charge in [-0.05, 0) is 11.5 Å². The molecule has 1 aliphatic heterocycles. The Hall–Kier alpha value is -1.18. The molecule has 0 aliphatic carbocycles. The molecule has 0 radical (unpaired) electrons. The number of phenolic OH excluding ortho intramolecular Hbond substituents is 1. The highest BCUT2D eigenvalue weighted by molar-refractivity contribution is 5.67. The first-order chi connectivity index (χ1) is 5.50. The predicted octanol–water partition coefficient (Wildman–Crippen LogP) is 2.80. The van der Waals surface area contributed by atoms with Gasteiger partial charge in [0.2, 0.25) is 5.75 Å². The Labute approximate surface area is 71.8 Å². The fourth-order valence-corrected chi connectivity index (χ4v) is 1.33. The fraction of sp³-hybridized carbons (Fsp3) is 0.400. The molecule has 64 valence electrons. The monoisotopic (exact) mass is 164 g/mol. The van der Waals surface area contributed by atoms with Crippen molar-refractivity contribution in [1.29, 1.82) is 0 Å². The Morgan fingerprint density at radius 3 is 2.42 bits per heavy atom. The largest absolute Gasteiger partial charge is 0.504 e. The zero-order valence-electron chi connectivity index (χ0n) is 7.51. The Morgan fingerprint density at radius 1 is 1.17 bits per heavy atom. The summed E-state index contributed by atoms with van der Waals surface area (Å²) in [7, 11) is 0. The second-order valence-corrected chi connectivity index (χ2v) is 4.14. The van der Waals surface area contributed by atoms with E-state index in [1.165, 1.54) is 0 Å². The highest BCUT2D eigenvalue weighted by atomic mass is 16.6. The minimum absolute atomic E-state index is 0.0916. The van der Waals surface area contributed by atoms with E-state index < -0.39 is 0 Å². The van der Waals surface area contributed by atoms with E-state index in [4.69, 9.17) is 4.74 Å². The third-order valence-electron chi connectivity index (χ3n) is 2.06. The van der Waals surface area contributed by atoms with Crippen molar-refractivity contribution in [3.8, 4) is 17.2 Å². The van der Waals surface area contributed by atoms with Gasteiger partial charge in [0.05, 0.1) is 0 Å². The zero-order valence-corrected chi connectivity index (χ0v) is 7.51. The maximum absolute atomic E-state index is 9.24. The van der Waals surface area contributed by atoms with Crippen LogP contribution < -0.4 is 4.74 Å². The summed E-state index contributed by atoms with van der Waals surface area (Å²) in [6, 6.07) is 3.60. The lowest BCUT2D eigenvalue weighted by Gasteiger charge is -2.16. The van der Waals surface area contributed by atoms with Gasteiger partial charge in [0.15, 0.2) is 11.5 Å². The average molecular weight is 164 g/mol. The molecule has 1 aromatic carbocycles. The molecule has 0 amide bonds. The molecule has 0 unspecified atom stereocenters. The van der Waals surface area contributed by atoms with Crippen molar-refractivity contribution in [2.24, 2.45) is 0 Å². The Bertz CT molecular complexity index is 334. The standard InChI is InChI=1S/C10H12O2/c1-10(2,3)6-4-5-7(11)9-8(6)12-9/h4-5,11H,1-3H3. The topological polar surface area (TPSA) is 32.8 Å². The van der Waals surface area contributed by atoms with E-state index in [9.17, 15) is 5.11 Å². The summed E-state index contributed by atoms with van der Waals surface area (Å²) in [6.07, 6.45) is 0. The minimum Gasteiger partial charge on any atom is -0.504 e. The molecule has 0 aromatic heterocycles. The molecule has 2 rings (SSSR count). The lowest BCUT2D eigenvalue weighted by Crippen LogP contribution is -2.09. The van der Waals surface area contributed by atoms with Crippen LogP contribution in [-0.4, -0.2) is 5.11 Å². The van der Waals surface area contributed by atoms with Gasteiger partial charge in [-0.25, -0.2) is 0 Å². The van der Waals surface area contributed by atoms with Gasteiger partial charge in [0.1, 0.15) is 0 Å². The van der Waals surface area contributed by atoms with Gasteiger partial charge >= 0.3 is 0 Å². The Balaban J connectivity index is 2.52. The molecule has 0 saturated heterocycles. The molecule has 0 atom stereocenters. The van der Waals surface area contributed by atoms with Crippen molar-refractivity contribution in [1.82, 2.24) is 0 Å². The highest BCUT2D eigenvalue weighted by Crippen LogP contribution is 2.56. The normalized spacial score (nSPS) is 13.6. The Morgan fingerprint density at radius 2 is 1.83 bits per heavy atom. The summed E-state index contributed by atoms with van der Waals surface area (Å²) in [5, 5.41) is 9.24. The van der Waals surface area contributed by atoms with Crippen LogP contribution in [0.15, 0.2) is 12.1 Å². The van der Waals surface area contributed by atoms with Crippen LogP contribution in [0.5, 0.6) is 17.2 Å². The van der Waals surface area contributed by atoms with Crippen LogP contribution in [0.25, 0.3) is 0 Å². The van der Waals surface area contributed by atoms with Crippen molar-refractivity contribution >= 4 is 0 Å². The first-order valence-corrected chi connectivity index (χ1v) is 4.04. The molecule has 0 fully saturated rings. The van der Waals surface area contributed by atoms with E-state index in [0.717, 1.165) is 11.3 Å². The summed E-state index contributed by atoms with van der Waals surface area (Å²) < 4.78 is 5.18. The van der Waals surface area contributed by atoms with E-state index in [1.54, 1.807) is 6.07 Å². The number of hydrogen-bond donors (Lipinski definition) is 1. The van der Waals surface area contributed by atoms with E-state index in [0.29, 0.717) is 5.75 Å². The molecule has 0 spiro atoms. The van der Waals surface area contributed by atoms with Crippen LogP contribution in [0.2, 0.25) is 0 Å². The summed E-state index contributed by atoms with van der Waals surface area (Å²) >= 11 is 0. The second-order valence-electron chi connectivity index (χ2n) is 4.14. The molecular weight excluding hydrogens is 152 g/mol. The van der Waals surface area contributed by atoms with Gasteiger partial charge in [-0.2, -0.15) is 0 Å². The lowest BCUT2D eigenvalue weighted by molar-refractivity contribution is 0.463. The second kappa shape index (κ2) is 1.94. The average Bonchev–Trinajstić information content (AvgIpc) is 2.64. The van der Waals surface area contributed by atoms with Crippen molar-refractivity contribution in [2.75, 3.05) is 0 Å². The van der Waals surface area contributed by atoms with Crippen LogP contribution >= 0.6 is 0 Å². The molecule has 1 aromatic rings. The lowest BCUT2D eigenvalue weighted by atomic mass is 9.87. The molecular formula is C10H12O2. The van der Waals surface area contributed by atoms with Crippen molar-refractivity contribution in [2.45, 2.75) is 26.2 Å². The molecule has 0 saturated carbocycles. The maximum Gasteiger partial charge on any atom is 0.211 e. The first-order valence-electron chi connectivity index (χ1n) is 4.04. The van der Waals surface area contributed by atoms with Gasteiger partial charge in [0, 0.05) is 5.56 Å². The third-order valence-corrected chi connectivity index (χ3v) is 2.06. The Kier molecular flexibility index (Phi) is 1.21. The summed E-state index contributed by atoms with van der Waals surface area (Å²) in [5.74, 6) is 1.77. The molecule has 12 heavy (non-hydrogen) atoms. The zero-order chi connectivity index (χ0) is 8.93. The molecule has 0 bridgehead atoms. The SMILES string of the molecule is CC(C)(C)c1ccc(O)c2c1O2. The minimum atomic E-state index is 0.0916. The molecule has 1 aliphatic rings. The predicted molar refractivity (Wildman–Crippen MR) is 46.9 cm³/mol. The van der Waals surface area contributed by atoms with Gasteiger partial charge in [0.25, 0.3) is 0 Å². The molecule has 1 heterocycles. The van der Waals surface area contributed by atoms with Crippen molar-refractivity contribution in [3.05, 3.63) is 17.7 Å². The van der Waals surface area contributed by atoms with Crippen molar-refractivity contribution < 1.29 is 9.84 Å².